The second-order valence-electron chi connectivity index (χ2n) is 5.36. The lowest BCUT2D eigenvalue weighted by molar-refractivity contribution is -0.137. The second kappa shape index (κ2) is 6.03. The molecule has 0 aliphatic carbocycles. The van der Waals surface area contributed by atoms with Crippen LogP contribution in [-0.2, 0) is 17.5 Å². The second-order valence-corrected chi connectivity index (χ2v) is 5.36. The SMILES string of the molecule is COC(=O)c1cc2ccccc2n1Cc1cccc(C(F)(F)F)c1. The van der Waals surface area contributed by atoms with Crippen LogP contribution in [0.3, 0.4) is 0 Å². The van der Waals surface area contributed by atoms with Crippen LogP contribution in [0.15, 0.2) is 54.6 Å². The van der Waals surface area contributed by atoms with E-state index in [-0.39, 0.29) is 6.54 Å². The van der Waals surface area contributed by atoms with Gasteiger partial charge in [0.1, 0.15) is 5.69 Å². The van der Waals surface area contributed by atoms with Crippen molar-refractivity contribution in [3.63, 3.8) is 0 Å². The van der Waals surface area contributed by atoms with Crippen molar-refractivity contribution in [1.29, 1.82) is 0 Å². The number of para-hydroxylation sites is 1. The van der Waals surface area contributed by atoms with Crippen molar-refractivity contribution < 1.29 is 22.7 Å². The normalized spacial score (nSPS) is 11.7. The molecule has 1 heterocycles. The van der Waals surface area contributed by atoms with Gasteiger partial charge in [-0.05, 0) is 29.8 Å². The number of rotatable bonds is 3. The van der Waals surface area contributed by atoms with Gasteiger partial charge in [-0.1, -0.05) is 30.3 Å². The molecule has 0 aliphatic heterocycles. The largest absolute Gasteiger partial charge is 0.464 e. The summed E-state index contributed by atoms with van der Waals surface area (Å²) < 4.78 is 45.1. The van der Waals surface area contributed by atoms with Crippen LogP contribution in [0.2, 0.25) is 0 Å². The molecule has 0 fully saturated rings. The zero-order chi connectivity index (χ0) is 17.3. The van der Waals surface area contributed by atoms with E-state index in [1.54, 1.807) is 16.7 Å². The molecule has 0 N–H and O–H groups in total. The summed E-state index contributed by atoms with van der Waals surface area (Å²) in [5.41, 5.74) is 0.804. The maximum atomic E-state index is 12.9. The first-order valence-corrected chi connectivity index (χ1v) is 7.23. The van der Waals surface area contributed by atoms with E-state index in [1.165, 1.54) is 13.2 Å². The first-order valence-electron chi connectivity index (χ1n) is 7.23. The smallest absolute Gasteiger partial charge is 0.416 e. The molecule has 1 aromatic heterocycles. The van der Waals surface area contributed by atoms with Gasteiger partial charge in [0, 0.05) is 17.4 Å². The monoisotopic (exact) mass is 333 g/mol. The van der Waals surface area contributed by atoms with E-state index in [2.05, 4.69) is 0 Å². The highest BCUT2D eigenvalue weighted by molar-refractivity contribution is 5.95. The third-order valence-corrected chi connectivity index (χ3v) is 3.80. The molecule has 3 aromatic rings. The highest BCUT2D eigenvalue weighted by Crippen LogP contribution is 2.30. The fourth-order valence-electron chi connectivity index (χ4n) is 2.68. The lowest BCUT2D eigenvalue weighted by atomic mass is 10.1. The molecule has 0 amide bonds. The lowest BCUT2D eigenvalue weighted by Gasteiger charge is -2.12. The Morgan fingerprint density at radius 1 is 1.08 bits per heavy atom. The minimum absolute atomic E-state index is 0.141. The Labute approximate surface area is 136 Å². The van der Waals surface area contributed by atoms with E-state index in [9.17, 15) is 18.0 Å². The minimum Gasteiger partial charge on any atom is -0.464 e. The molecule has 0 unspecified atom stereocenters. The molecular weight excluding hydrogens is 319 g/mol. The number of fused-ring (bicyclic) bond motifs is 1. The maximum Gasteiger partial charge on any atom is 0.416 e. The third-order valence-electron chi connectivity index (χ3n) is 3.80. The van der Waals surface area contributed by atoms with Crippen LogP contribution in [0.4, 0.5) is 13.2 Å². The Hall–Kier alpha value is -2.76. The summed E-state index contributed by atoms with van der Waals surface area (Å²) in [6.45, 7) is 0.141. The van der Waals surface area contributed by atoms with E-state index in [1.807, 2.05) is 24.3 Å². The number of esters is 1. The molecule has 124 valence electrons. The Balaban J connectivity index is 2.08. The van der Waals surface area contributed by atoms with Crippen molar-refractivity contribution in [3.8, 4) is 0 Å². The van der Waals surface area contributed by atoms with Gasteiger partial charge in [0.25, 0.3) is 0 Å². The van der Waals surface area contributed by atoms with Crippen LogP contribution in [0, 0.1) is 0 Å². The molecule has 3 nitrogen and oxygen atoms in total. The summed E-state index contributed by atoms with van der Waals surface area (Å²) in [5, 5.41) is 0.824. The maximum absolute atomic E-state index is 12.9. The topological polar surface area (TPSA) is 31.2 Å². The van der Waals surface area contributed by atoms with Gasteiger partial charge in [0.05, 0.1) is 12.7 Å². The van der Waals surface area contributed by atoms with Crippen molar-refractivity contribution in [2.24, 2.45) is 0 Å². The Morgan fingerprint density at radius 3 is 2.54 bits per heavy atom. The molecule has 0 spiro atoms. The fourth-order valence-corrected chi connectivity index (χ4v) is 2.68. The number of halogens is 3. The number of carbonyl (C=O) groups excluding carboxylic acids is 1. The van der Waals surface area contributed by atoms with E-state index in [0.29, 0.717) is 11.3 Å². The zero-order valence-electron chi connectivity index (χ0n) is 12.8. The Bertz CT molecular complexity index is 897. The average molecular weight is 333 g/mol. The average Bonchev–Trinajstić information content (AvgIpc) is 2.92. The Kier molecular flexibility index (Phi) is 4.05. The molecule has 0 radical (unpaired) electrons. The van der Waals surface area contributed by atoms with Crippen LogP contribution in [0.5, 0.6) is 0 Å². The predicted octanol–water partition coefficient (Wildman–Crippen LogP) is 4.50. The van der Waals surface area contributed by atoms with Crippen LogP contribution < -0.4 is 0 Å². The number of hydrogen-bond acceptors (Lipinski definition) is 2. The van der Waals surface area contributed by atoms with E-state index in [0.717, 1.165) is 23.0 Å². The molecule has 2 aromatic carbocycles. The Morgan fingerprint density at radius 2 is 1.83 bits per heavy atom. The summed E-state index contributed by atoms with van der Waals surface area (Å²) in [4.78, 5) is 12.0. The van der Waals surface area contributed by atoms with Crippen LogP contribution in [0.1, 0.15) is 21.6 Å². The molecule has 24 heavy (non-hydrogen) atoms. The summed E-state index contributed by atoms with van der Waals surface area (Å²) >= 11 is 0. The standard InChI is InChI=1S/C18H14F3NO2/c1-24-17(23)16-10-13-6-2-3-8-15(13)22(16)11-12-5-4-7-14(9-12)18(19,20)21/h2-10H,11H2,1H3. The van der Waals surface area contributed by atoms with E-state index >= 15 is 0 Å². The highest BCUT2D eigenvalue weighted by atomic mass is 19.4. The predicted molar refractivity (Wildman–Crippen MR) is 83.8 cm³/mol. The van der Waals surface area contributed by atoms with Crippen molar-refractivity contribution in [1.82, 2.24) is 4.57 Å². The van der Waals surface area contributed by atoms with E-state index < -0.39 is 17.7 Å². The number of methoxy groups -OCH3 is 1. The summed E-state index contributed by atoms with van der Waals surface area (Å²) in [5.74, 6) is -0.529. The first-order chi connectivity index (χ1) is 11.4. The van der Waals surface area contributed by atoms with Crippen molar-refractivity contribution >= 4 is 16.9 Å². The van der Waals surface area contributed by atoms with Gasteiger partial charge in [-0.2, -0.15) is 13.2 Å². The number of nitrogens with zero attached hydrogens (tertiary/aromatic N) is 1. The third kappa shape index (κ3) is 2.99. The van der Waals surface area contributed by atoms with Gasteiger partial charge < -0.3 is 9.30 Å². The van der Waals surface area contributed by atoms with Crippen molar-refractivity contribution in [3.05, 3.63) is 71.4 Å². The minimum atomic E-state index is -4.40. The molecule has 0 bridgehead atoms. The van der Waals surface area contributed by atoms with E-state index in [4.69, 9.17) is 4.74 Å². The quantitative estimate of drug-likeness (QED) is 0.661. The summed E-state index contributed by atoms with van der Waals surface area (Å²) in [6.07, 6.45) is -4.40. The number of carbonyl (C=O) groups is 1. The van der Waals surface area contributed by atoms with Gasteiger partial charge >= 0.3 is 12.1 Å². The van der Waals surface area contributed by atoms with Gasteiger partial charge in [0.2, 0.25) is 0 Å². The van der Waals surface area contributed by atoms with Crippen LogP contribution >= 0.6 is 0 Å². The van der Waals surface area contributed by atoms with Crippen molar-refractivity contribution in [2.75, 3.05) is 7.11 Å². The van der Waals surface area contributed by atoms with Gasteiger partial charge in [0.15, 0.2) is 0 Å². The number of benzene rings is 2. The number of hydrogen-bond donors (Lipinski definition) is 0. The summed E-state index contributed by atoms with van der Waals surface area (Å²) in [7, 11) is 1.27. The number of ether oxygens (including phenoxy) is 1. The number of aromatic nitrogens is 1. The van der Waals surface area contributed by atoms with Crippen LogP contribution in [0.25, 0.3) is 10.9 Å². The summed E-state index contributed by atoms with van der Waals surface area (Å²) in [6, 6.07) is 14.1. The first kappa shape index (κ1) is 16.1. The number of alkyl halides is 3. The van der Waals surface area contributed by atoms with Gasteiger partial charge in [-0.15, -0.1) is 0 Å². The molecule has 6 heteroatoms. The fraction of sp³-hybridized carbons (Fsp3) is 0.167. The molecular formula is C18H14F3NO2. The van der Waals surface area contributed by atoms with Gasteiger partial charge in [-0.3, -0.25) is 0 Å². The molecule has 3 rings (SSSR count). The molecule has 0 atom stereocenters. The lowest BCUT2D eigenvalue weighted by Crippen LogP contribution is -2.12. The van der Waals surface area contributed by atoms with Crippen LogP contribution in [-0.4, -0.2) is 17.6 Å². The molecule has 0 saturated carbocycles. The highest BCUT2D eigenvalue weighted by Gasteiger charge is 2.30. The van der Waals surface area contributed by atoms with Crippen molar-refractivity contribution in [2.45, 2.75) is 12.7 Å². The van der Waals surface area contributed by atoms with Gasteiger partial charge in [-0.25, -0.2) is 4.79 Å². The zero-order valence-corrected chi connectivity index (χ0v) is 12.8. The molecule has 0 aliphatic rings. The molecule has 0 saturated heterocycles.